The minimum Gasteiger partial charge on any atom is -0.466 e. The Hall–Kier alpha value is 1.05. The molecule has 0 fully saturated rings. The molecule has 43 valence electrons. The topological polar surface area (TPSA) is 26.3 Å². The van der Waals surface area contributed by atoms with E-state index in [1.807, 2.05) is 0 Å². The molecule has 0 heterocycles. The van der Waals surface area contributed by atoms with Crippen molar-refractivity contribution in [1.82, 2.24) is 0 Å². The van der Waals surface area contributed by atoms with Gasteiger partial charge in [0.2, 0.25) is 0 Å². The van der Waals surface area contributed by atoms with Crippen LogP contribution in [0.2, 0.25) is 0 Å². The van der Waals surface area contributed by atoms with Crippen LogP contribution in [0, 0.1) is 49.4 Å². The summed E-state index contributed by atoms with van der Waals surface area (Å²) in [7, 11) is 0. The van der Waals surface area contributed by atoms with Crippen LogP contribution in [0.5, 0.6) is 0 Å². The third kappa shape index (κ3) is 11.0. The molecule has 0 aliphatic heterocycles. The first-order valence-corrected chi connectivity index (χ1v) is 1.90. The average Bonchev–Trinajstić information content (AvgIpc) is 1.35. The van der Waals surface area contributed by atoms with E-state index in [9.17, 15) is 4.79 Å². The van der Waals surface area contributed by atoms with E-state index in [4.69, 9.17) is 0 Å². The monoisotopic (exact) mass is 241 g/mol. The Bertz CT molecular complexity index is 53.7. The van der Waals surface area contributed by atoms with Crippen molar-refractivity contribution in [3.8, 4) is 0 Å². The maximum atomic E-state index is 9.82. The number of ether oxygens (including phenoxy) is 1. The van der Waals surface area contributed by atoms with Gasteiger partial charge >= 0.3 is 5.97 Å². The van der Waals surface area contributed by atoms with Gasteiger partial charge in [-0.05, 0) is 6.92 Å². The van der Waals surface area contributed by atoms with Crippen LogP contribution < -0.4 is 0 Å². The molecule has 0 spiro atoms. The zero-order chi connectivity index (χ0) is 4.99. The molecule has 2 nitrogen and oxygen atoms in total. The molecule has 0 saturated carbocycles. The SMILES string of the molecule is CCOC(C)=O.[Eu]. The van der Waals surface area contributed by atoms with E-state index in [0.29, 0.717) is 6.61 Å². The van der Waals surface area contributed by atoms with E-state index in [-0.39, 0.29) is 55.3 Å². The molecule has 0 aliphatic carbocycles. The van der Waals surface area contributed by atoms with Gasteiger partial charge in [0.15, 0.2) is 0 Å². The largest absolute Gasteiger partial charge is 0.466 e. The Morgan fingerprint density at radius 1 is 1.71 bits per heavy atom. The number of carbonyl (C=O) groups is 1. The molecular formula is C4H8EuO2. The smallest absolute Gasteiger partial charge is 0.302 e. The predicted molar refractivity (Wildman–Crippen MR) is 22.3 cm³/mol. The standard InChI is InChI=1S/C4H8O2.Eu/c1-3-6-4(2)5;/h3H2,1-2H3;. The molecule has 7 heavy (non-hydrogen) atoms. The van der Waals surface area contributed by atoms with Gasteiger partial charge in [-0.15, -0.1) is 0 Å². The van der Waals surface area contributed by atoms with Crippen molar-refractivity contribution in [2.45, 2.75) is 13.8 Å². The normalized spacial score (nSPS) is 6.57. The number of hydrogen-bond acceptors (Lipinski definition) is 2. The molecule has 1 radical (unpaired) electrons. The van der Waals surface area contributed by atoms with Gasteiger partial charge in [-0.1, -0.05) is 0 Å². The Balaban J connectivity index is 0. The second-order valence-corrected chi connectivity index (χ2v) is 0.925. The first-order valence-electron chi connectivity index (χ1n) is 1.90. The summed E-state index contributed by atoms with van der Waals surface area (Å²) < 4.78 is 4.40. The van der Waals surface area contributed by atoms with E-state index < -0.39 is 0 Å². The Morgan fingerprint density at radius 3 is 2.14 bits per heavy atom. The summed E-state index contributed by atoms with van der Waals surface area (Å²) in [5.74, 6) is -0.211. The number of carbonyl (C=O) groups excluding carboxylic acids is 1. The van der Waals surface area contributed by atoms with Gasteiger partial charge < -0.3 is 4.74 Å². The van der Waals surface area contributed by atoms with Crippen molar-refractivity contribution < 1.29 is 58.9 Å². The van der Waals surface area contributed by atoms with Crippen LogP contribution >= 0.6 is 0 Å². The summed E-state index contributed by atoms with van der Waals surface area (Å²) in [6.07, 6.45) is 0. The first kappa shape index (κ1) is 10.9. The zero-order valence-corrected chi connectivity index (χ0v) is 6.83. The maximum absolute atomic E-state index is 9.82. The summed E-state index contributed by atoms with van der Waals surface area (Å²) in [6, 6.07) is 0. The Labute approximate surface area is 84.1 Å². The van der Waals surface area contributed by atoms with Crippen LogP contribution in [0.1, 0.15) is 13.8 Å². The van der Waals surface area contributed by atoms with Crippen LogP contribution in [-0.4, -0.2) is 12.6 Å². The van der Waals surface area contributed by atoms with E-state index in [1.165, 1.54) is 6.92 Å². The molecule has 0 bridgehead atoms. The third-order valence-electron chi connectivity index (χ3n) is 0.348. The van der Waals surface area contributed by atoms with Crippen LogP contribution in [0.15, 0.2) is 0 Å². The fourth-order valence-electron chi connectivity index (χ4n) is 0.203. The van der Waals surface area contributed by atoms with Crippen molar-refractivity contribution >= 4 is 5.97 Å². The molecule has 3 heteroatoms. The number of rotatable bonds is 1. The molecule has 0 aromatic rings. The van der Waals surface area contributed by atoms with Crippen molar-refractivity contribution in [2.24, 2.45) is 0 Å². The summed E-state index contributed by atoms with van der Waals surface area (Å²) in [4.78, 5) is 9.82. The molecule has 0 atom stereocenters. The van der Waals surface area contributed by atoms with E-state index in [0.717, 1.165) is 0 Å². The predicted octanol–water partition coefficient (Wildman–Crippen LogP) is 0.569. The van der Waals surface area contributed by atoms with Crippen molar-refractivity contribution in [3.63, 3.8) is 0 Å². The molecule has 0 unspecified atom stereocenters. The van der Waals surface area contributed by atoms with E-state index in [2.05, 4.69) is 4.74 Å². The van der Waals surface area contributed by atoms with Crippen molar-refractivity contribution in [2.75, 3.05) is 6.61 Å². The van der Waals surface area contributed by atoms with Crippen molar-refractivity contribution in [3.05, 3.63) is 0 Å². The average molecular weight is 240 g/mol. The third-order valence-corrected chi connectivity index (χ3v) is 0.348. The van der Waals surface area contributed by atoms with Crippen LogP contribution in [0.3, 0.4) is 0 Å². The van der Waals surface area contributed by atoms with Gasteiger partial charge in [0.1, 0.15) is 0 Å². The molecule has 0 aromatic carbocycles. The fraction of sp³-hybridized carbons (Fsp3) is 0.750. The Morgan fingerprint density at radius 2 is 2.14 bits per heavy atom. The second-order valence-electron chi connectivity index (χ2n) is 0.925. The van der Waals surface area contributed by atoms with Gasteiger partial charge in [-0.25, -0.2) is 0 Å². The van der Waals surface area contributed by atoms with Gasteiger partial charge in [0, 0.05) is 56.3 Å². The molecule has 0 saturated heterocycles. The van der Waals surface area contributed by atoms with E-state index >= 15 is 0 Å². The number of hydrogen-bond donors (Lipinski definition) is 0. The van der Waals surface area contributed by atoms with E-state index in [1.54, 1.807) is 6.92 Å². The quantitative estimate of drug-likeness (QED) is 0.626. The minimum atomic E-state index is -0.211. The van der Waals surface area contributed by atoms with Gasteiger partial charge in [-0.2, -0.15) is 0 Å². The maximum Gasteiger partial charge on any atom is 0.302 e. The Kier molecular flexibility index (Phi) is 11.0. The minimum absolute atomic E-state index is 0. The summed E-state index contributed by atoms with van der Waals surface area (Å²) in [5.41, 5.74) is 0. The van der Waals surface area contributed by atoms with Crippen LogP contribution in [0.25, 0.3) is 0 Å². The molecule has 0 amide bonds. The summed E-state index contributed by atoms with van der Waals surface area (Å²) >= 11 is 0. The van der Waals surface area contributed by atoms with Gasteiger partial charge in [0.25, 0.3) is 0 Å². The zero-order valence-electron chi connectivity index (χ0n) is 4.40. The fourth-order valence-corrected chi connectivity index (χ4v) is 0.203. The summed E-state index contributed by atoms with van der Waals surface area (Å²) in [6.45, 7) is 3.65. The first-order chi connectivity index (χ1) is 2.77. The molecule has 0 aliphatic rings. The molecule has 0 rings (SSSR count). The molecule has 0 N–H and O–H groups in total. The molecule has 0 aromatic heterocycles. The number of esters is 1. The van der Waals surface area contributed by atoms with Gasteiger partial charge in [0.05, 0.1) is 6.61 Å². The van der Waals surface area contributed by atoms with Gasteiger partial charge in [-0.3, -0.25) is 4.79 Å². The summed E-state index contributed by atoms with van der Waals surface area (Å²) in [5, 5.41) is 0. The van der Waals surface area contributed by atoms with Crippen LogP contribution in [0.4, 0.5) is 0 Å². The second kappa shape index (κ2) is 7.05. The van der Waals surface area contributed by atoms with Crippen LogP contribution in [-0.2, 0) is 9.53 Å². The molecular weight excluding hydrogens is 232 g/mol. The van der Waals surface area contributed by atoms with Crippen molar-refractivity contribution in [1.29, 1.82) is 0 Å².